The van der Waals surface area contributed by atoms with E-state index in [0.717, 1.165) is 17.3 Å². The molecule has 0 bridgehead atoms. The van der Waals surface area contributed by atoms with Gasteiger partial charge < -0.3 is 5.32 Å². The Kier molecular flexibility index (Phi) is 2.79. The zero-order chi connectivity index (χ0) is 10.1. The van der Waals surface area contributed by atoms with Crippen LogP contribution in [0.4, 0.5) is 0 Å². The summed E-state index contributed by atoms with van der Waals surface area (Å²) in [7, 11) is 0. The molecule has 1 aliphatic rings. The van der Waals surface area contributed by atoms with Crippen LogP contribution in [0.5, 0.6) is 0 Å². The van der Waals surface area contributed by atoms with Gasteiger partial charge in [-0.2, -0.15) is 0 Å². The number of nitrogens with one attached hydrogen (secondary N) is 1. The molecule has 0 radical (unpaired) electrons. The highest BCUT2D eigenvalue weighted by molar-refractivity contribution is 9.10. The predicted molar refractivity (Wildman–Crippen MR) is 59.6 cm³/mol. The van der Waals surface area contributed by atoms with Crippen molar-refractivity contribution in [3.8, 4) is 0 Å². The van der Waals surface area contributed by atoms with Crippen molar-refractivity contribution in [3.05, 3.63) is 33.3 Å². The fourth-order valence-electron chi connectivity index (χ4n) is 1.18. The van der Waals surface area contributed by atoms with Crippen molar-refractivity contribution in [3.63, 3.8) is 0 Å². The molecule has 1 aromatic rings. The van der Waals surface area contributed by atoms with Crippen LogP contribution in [-0.4, -0.2) is 11.9 Å². The lowest BCUT2D eigenvalue weighted by molar-refractivity contribution is 0.0951. The normalized spacial score (nSPS) is 15.3. The van der Waals surface area contributed by atoms with Gasteiger partial charge in [-0.3, -0.25) is 4.79 Å². The van der Waals surface area contributed by atoms with Gasteiger partial charge in [-0.15, -0.1) is 0 Å². The van der Waals surface area contributed by atoms with Crippen molar-refractivity contribution in [2.24, 2.45) is 0 Å². The molecule has 1 fully saturated rings. The van der Waals surface area contributed by atoms with Gasteiger partial charge in [-0.05, 0) is 31.0 Å². The molecule has 0 heterocycles. The van der Waals surface area contributed by atoms with Gasteiger partial charge in [-0.25, -0.2) is 0 Å². The number of amides is 1. The molecular weight excluding hydrogens is 265 g/mol. The zero-order valence-corrected chi connectivity index (χ0v) is 9.73. The quantitative estimate of drug-likeness (QED) is 0.882. The third-order valence-electron chi connectivity index (χ3n) is 2.04. The van der Waals surface area contributed by atoms with Crippen LogP contribution in [0.3, 0.4) is 0 Å². The lowest BCUT2D eigenvalue weighted by Crippen LogP contribution is -2.25. The van der Waals surface area contributed by atoms with Gasteiger partial charge in [-0.1, -0.05) is 27.5 Å². The molecule has 1 saturated carbocycles. The second kappa shape index (κ2) is 3.91. The lowest BCUT2D eigenvalue weighted by atomic mass is 10.2. The Labute approximate surface area is 95.8 Å². The van der Waals surface area contributed by atoms with Gasteiger partial charge >= 0.3 is 0 Å². The van der Waals surface area contributed by atoms with E-state index in [-0.39, 0.29) is 5.91 Å². The molecule has 4 heteroatoms. The summed E-state index contributed by atoms with van der Waals surface area (Å²) in [5.41, 5.74) is 0.608. The molecule has 2 nitrogen and oxygen atoms in total. The van der Waals surface area contributed by atoms with Crippen molar-refractivity contribution in [1.82, 2.24) is 5.32 Å². The summed E-state index contributed by atoms with van der Waals surface area (Å²) in [5, 5.41) is 3.48. The fraction of sp³-hybridized carbons (Fsp3) is 0.300. The highest BCUT2D eigenvalue weighted by Gasteiger charge is 2.23. The second-order valence-electron chi connectivity index (χ2n) is 3.41. The van der Waals surface area contributed by atoms with Gasteiger partial charge in [0.05, 0.1) is 0 Å². The molecule has 2 rings (SSSR count). The van der Waals surface area contributed by atoms with Crippen molar-refractivity contribution < 1.29 is 4.79 Å². The summed E-state index contributed by atoms with van der Waals surface area (Å²) in [4.78, 5) is 11.6. The minimum atomic E-state index is -0.0456. The molecule has 1 aliphatic carbocycles. The molecule has 74 valence electrons. The van der Waals surface area contributed by atoms with Crippen LogP contribution in [0, 0.1) is 0 Å². The topological polar surface area (TPSA) is 29.1 Å². The van der Waals surface area contributed by atoms with Gasteiger partial charge in [0.15, 0.2) is 0 Å². The number of hydrogen-bond acceptors (Lipinski definition) is 1. The summed E-state index contributed by atoms with van der Waals surface area (Å²) >= 11 is 9.14. The van der Waals surface area contributed by atoms with Crippen molar-refractivity contribution in [1.29, 1.82) is 0 Å². The molecular formula is C10H9BrClNO. The van der Waals surface area contributed by atoms with Crippen LogP contribution in [0.2, 0.25) is 5.02 Å². The van der Waals surface area contributed by atoms with Crippen LogP contribution in [0.25, 0.3) is 0 Å². The largest absolute Gasteiger partial charge is 0.349 e. The van der Waals surface area contributed by atoms with Gasteiger partial charge in [0.1, 0.15) is 0 Å². The van der Waals surface area contributed by atoms with E-state index in [1.807, 2.05) is 0 Å². The summed E-state index contributed by atoms with van der Waals surface area (Å²) in [6, 6.07) is 5.57. The summed E-state index contributed by atoms with van der Waals surface area (Å²) in [6.45, 7) is 0. The molecule has 0 aromatic heterocycles. The van der Waals surface area contributed by atoms with Gasteiger partial charge in [0, 0.05) is 21.1 Å². The highest BCUT2D eigenvalue weighted by Crippen LogP contribution is 2.22. The third-order valence-corrected chi connectivity index (χ3v) is 2.71. The maximum Gasteiger partial charge on any atom is 0.251 e. The Morgan fingerprint density at radius 3 is 2.71 bits per heavy atom. The Morgan fingerprint density at radius 1 is 1.43 bits per heavy atom. The number of halogens is 2. The molecule has 0 saturated heterocycles. The average Bonchev–Trinajstić information content (AvgIpc) is 2.86. The van der Waals surface area contributed by atoms with Crippen LogP contribution < -0.4 is 5.32 Å². The Hall–Kier alpha value is -0.540. The van der Waals surface area contributed by atoms with E-state index < -0.39 is 0 Å². The summed E-state index contributed by atoms with van der Waals surface area (Å²) in [6.07, 6.45) is 2.18. The maximum atomic E-state index is 11.6. The van der Waals surface area contributed by atoms with Crippen LogP contribution >= 0.6 is 27.5 Å². The summed E-state index contributed by atoms with van der Waals surface area (Å²) < 4.78 is 0.825. The van der Waals surface area contributed by atoms with E-state index in [1.54, 1.807) is 18.2 Å². The fourth-order valence-corrected chi connectivity index (χ4v) is 2.04. The molecule has 0 unspecified atom stereocenters. The van der Waals surface area contributed by atoms with Crippen molar-refractivity contribution in [2.45, 2.75) is 18.9 Å². The monoisotopic (exact) mass is 273 g/mol. The van der Waals surface area contributed by atoms with Crippen LogP contribution in [0.15, 0.2) is 22.7 Å². The Balaban J connectivity index is 2.17. The molecule has 0 atom stereocenters. The smallest absolute Gasteiger partial charge is 0.251 e. The maximum absolute atomic E-state index is 11.6. The lowest BCUT2D eigenvalue weighted by Gasteiger charge is -2.04. The minimum absolute atomic E-state index is 0.0456. The Morgan fingerprint density at radius 2 is 2.14 bits per heavy atom. The minimum Gasteiger partial charge on any atom is -0.349 e. The van der Waals surface area contributed by atoms with Crippen molar-refractivity contribution in [2.75, 3.05) is 0 Å². The standard InChI is InChI=1S/C10H9BrClNO/c11-7-3-6(4-8(12)5-7)10(14)13-9-1-2-9/h3-5,9H,1-2H2,(H,13,14). The zero-order valence-electron chi connectivity index (χ0n) is 7.39. The number of carbonyl (C=O) groups excluding carboxylic acids is 1. The van der Waals surface area contributed by atoms with E-state index in [1.165, 1.54) is 0 Å². The number of hydrogen-bond donors (Lipinski definition) is 1. The Bertz CT molecular complexity index is 356. The third kappa shape index (κ3) is 2.49. The van der Waals surface area contributed by atoms with E-state index in [9.17, 15) is 4.79 Å². The number of benzene rings is 1. The first kappa shape index (κ1) is 9.99. The molecule has 0 aliphatic heterocycles. The first-order valence-corrected chi connectivity index (χ1v) is 5.59. The van der Waals surface area contributed by atoms with E-state index in [2.05, 4.69) is 21.2 Å². The summed E-state index contributed by atoms with van der Waals surface area (Å²) in [5.74, 6) is -0.0456. The first-order valence-electron chi connectivity index (χ1n) is 4.42. The van der Waals surface area contributed by atoms with Crippen LogP contribution in [-0.2, 0) is 0 Å². The SMILES string of the molecule is O=C(NC1CC1)c1cc(Cl)cc(Br)c1. The van der Waals surface area contributed by atoms with Crippen LogP contribution in [0.1, 0.15) is 23.2 Å². The van der Waals surface area contributed by atoms with E-state index in [4.69, 9.17) is 11.6 Å². The molecule has 0 spiro atoms. The number of carbonyl (C=O) groups is 1. The first-order chi connectivity index (χ1) is 6.65. The second-order valence-corrected chi connectivity index (χ2v) is 4.76. The molecule has 14 heavy (non-hydrogen) atoms. The number of rotatable bonds is 2. The van der Waals surface area contributed by atoms with Crippen molar-refractivity contribution >= 4 is 33.4 Å². The highest BCUT2D eigenvalue weighted by atomic mass is 79.9. The van der Waals surface area contributed by atoms with Gasteiger partial charge in [0.25, 0.3) is 5.91 Å². The van der Waals surface area contributed by atoms with E-state index in [0.29, 0.717) is 16.6 Å². The molecule has 1 amide bonds. The van der Waals surface area contributed by atoms with Gasteiger partial charge in [0.2, 0.25) is 0 Å². The van der Waals surface area contributed by atoms with E-state index >= 15 is 0 Å². The molecule has 1 aromatic carbocycles. The molecule has 1 N–H and O–H groups in total. The predicted octanol–water partition coefficient (Wildman–Crippen LogP) is 2.99. The average molecular weight is 275 g/mol.